The zero-order valence-corrected chi connectivity index (χ0v) is 13.1. The van der Waals surface area contributed by atoms with Gasteiger partial charge < -0.3 is 10.1 Å². The molecule has 1 aromatic heterocycles. The van der Waals surface area contributed by atoms with Gasteiger partial charge in [-0.25, -0.2) is 14.8 Å². The van der Waals surface area contributed by atoms with Crippen LogP contribution in [0.5, 0.6) is 0 Å². The molecule has 0 spiro atoms. The van der Waals surface area contributed by atoms with E-state index < -0.39 is 0 Å². The fourth-order valence-corrected chi connectivity index (χ4v) is 2.21. The number of esters is 1. The van der Waals surface area contributed by atoms with Crippen LogP contribution < -0.4 is 5.32 Å². The van der Waals surface area contributed by atoms with Crippen LogP contribution in [-0.2, 0) is 4.74 Å². The SMILES string of the molecule is O=C(OCCNc1ncccn1)c1ccc(-c2ccccc2)cc1. The van der Waals surface area contributed by atoms with Crippen molar-refractivity contribution >= 4 is 11.9 Å². The molecule has 5 heteroatoms. The molecule has 0 unspecified atom stereocenters. The molecule has 24 heavy (non-hydrogen) atoms. The summed E-state index contributed by atoms with van der Waals surface area (Å²) in [6, 6.07) is 19.1. The van der Waals surface area contributed by atoms with Crippen molar-refractivity contribution in [2.75, 3.05) is 18.5 Å². The van der Waals surface area contributed by atoms with Crippen molar-refractivity contribution < 1.29 is 9.53 Å². The Bertz CT molecular complexity index is 775. The van der Waals surface area contributed by atoms with Crippen LogP contribution in [0.1, 0.15) is 10.4 Å². The Balaban J connectivity index is 1.50. The molecule has 3 aromatic rings. The van der Waals surface area contributed by atoms with E-state index in [0.717, 1.165) is 11.1 Å². The summed E-state index contributed by atoms with van der Waals surface area (Å²) in [5.74, 6) is 0.172. The van der Waals surface area contributed by atoms with Crippen molar-refractivity contribution in [1.29, 1.82) is 0 Å². The Hall–Kier alpha value is -3.21. The number of benzene rings is 2. The lowest BCUT2D eigenvalue weighted by Gasteiger charge is -2.07. The largest absolute Gasteiger partial charge is 0.460 e. The van der Waals surface area contributed by atoms with E-state index in [4.69, 9.17) is 4.74 Å². The van der Waals surface area contributed by atoms with E-state index in [2.05, 4.69) is 15.3 Å². The van der Waals surface area contributed by atoms with Crippen LogP contribution >= 0.6 is 0 Å². The lowest BCUT2D eigenvalue weighted by atomic mass is 10.0. The van der Waals surface area contributed by atoms with Crippen molar-refractivity contribution in [3.8, 4) is 11.1 Å². The van der Waals surface area contributed by atoms with Gasteiger partial charge in [-0.15, -0.1) is 0 Å². The summed E-state index contributed by atoms with van der Waals surface area (Å²) >= 11 is 0. The number of aromatic nitrogens is 2. The van der Waals surface area contributed by atoms with E-state index in [1.807, 2.05) is 42.5 Å². The predicted octanol–water partition coefficient (Wildman–Crippen LogP) is 3.41. The minimum absolute atomic E-state index is 0.248. The Morgan fingerprint density at radius 2 is 1.54 bits per heavy atom. The van der Waals surface area contributed by atoms with E-state index in [0.29, 0.717) is 18.1 Å². The van der Waals surface area contributed by atoms with Gasteiger partial charge in [-0.1, -0.05) is 42.5 Å². The maximum Gasteiger partial charge on any atom is 0.338 e. The maximum absolute atomic E-state index is 12.0. The number of ether oxygens (including phenoxy) is 1. The molecule has 0 radical (unpaired) electrons. The van der Waals surface area contributed by atoms with E-state index in [-0.39, 0.29) is 12.6 Å². The van der Waals surface area contributed by atoms with Gasteiger partial charge in [0.15, 0.2) is 0 Å². The van der Waals surface area contributed by atoms with Crippen LogP contribution in [0.4, 0.5) is 5.95 Å². The summed E-state index contributed by atoms with van der Waals surface area (Å²) in [6.07, 6.45) is 3.30. The first-order chi connectivity index (χ1) is 11.8. The molecule has 5 nitrogen and oxygen atoms in total. The zero-order chi connectivity index (χ0) is 16.6. The van der Waals surface area contributed by atoms with Gasteiger partial charge in [-0.2, -0.15) is 0 Å². The van der Waals surface area contributed by atoms with Crippen LogP contribution in [0.15, 0.2) is 73.1 Å². The molecule has 0 bridgehead atoms. The van der Waals surface area contributed by atoms with E-state index in [1.165, 1.54) is 0 Å². The Morgan fingerprint density at radius 1 is 0.875 bits per heavy atom. The van der Waals surface area contributed by atoms with Crippen LogP contribution in [-0.4, -0.2) is 29.1 Å². The molecule has 0 saturated carbocycles. The number of carbonyl (C=O) groups excluding carboxylic acids is 1. The van der Waals surface area contributed by atoms with Gasteiger partial charge in [-0.3, -0.25) is 0 Å². The first kappa shape index (κ1) is 15.7. The van der Waals surface area contributed by atoms with Crippen molar-refractivity contribution in [2.45, 2.75) is 0 Å². The monoisotopic (exact) mass is 319 g/mol. The van der Waals surface area contributed by atoms with Gasteiger partial charge in [0, 0.05) is 12.4 Å². The minimum Gasteiger partial charge on any atom is -0.460 e. The molecule has 120 valence electrons. The lowest BCUT2D eigenvalue weighted by Crippen LogP contribution is -2.15. The molecule has 0 fully saturated rings. The Labute approximate surface area is 140 Å². The molecule has 2 aromatic carbocycles. The maximum atomic E-state index is 12.0. The van der Waals surface area contributed by atoms with E-state index in [9.17, 15) is 4.79 Å². The molecular formula is C19H17N3O2. The Kier molecular flexibility index (Phi) is 5.14. The quantitative estimate of drug-likeness (QED) is 0.557. The first-order valence-corrected chi connectivity index (χ1v) is 7.66. The number of hydrogen-bond acceptors (Lipinski definition) is 5. The Morgan fingerprint density at radius 3 is 2.25 bits per heavy atom. The van der Waals surface area contributed by atoms with Gasteiger partial charge in [-0.05, 0) is 29.3 Å². The summed E-state index contributed by atoms with van der Waals surface area (Å²) in [5, 5.41) is 2.98. The van der Waals surface area contributed by atoms with Crippen LogP contribution in [0, 0.1) is 0 Å². The number of nitrogens with zero attached hydrogens (tertiary/aromatic N) is 2. The van der Waals surface area contributed by atoms with Crippen LogP contribution in [0.2, 0.25) is 0 Å². The normalized spacial score (nSPS) is 10.2. The molecule has 0 aliphatic rings. The lowest BCUT2D eigenvalue weighted by molar-refractivity contribution is 0.0520. The first-order valence-electron chi connectivity index (χ1n) is 7.66. The van der Waals surface area contributed by atoms with Crippen molar-refractivity contribution in [2.24, 2.45) is 0 Å². The molecule has 0 amide bonds. The third kappa shape index (κ3) is 4.16. The van der Waals surface area contributed by atoms with Gasteiger partial charge in [0.25, 0.3) is 0 Å². The van der Waals surface area contributed by atoms with Crippen molar-refractivity contribution in [3.05, 3.63) is 78.6 Å². The number of anilines is 1. The summed E-state index contributed by atoms with van der Waals surface area (Å²) in [4.78, 5) is 20.1. The van der Waals surface area contributed by atoms with Gasteiger partial charge >= 0.3 is 5.97 Å². The number of rotatable bonds is 6. The summed E-state index contributed by atoms with van der Waals surface area (Å²) in [6.45, 7) is 0.704. The fraction of sp³-hybridized carbons (Fsp3) is 0.105. The standard InChI is InChI=1S/C19H17N3O2/c23-18(24-14-13-22-19-20-11-4-12-21-19)17-9-7-16(8-10-17)15-5-2-1-3-6-15/h1-12H,13-14H2,(H,20,21,22). The fourth-order valence-electron chi connectivity index (χ4n) is 2.21. The highest BCUT2D eigenvalue weighted by Crippen LogP contribution is 2.19. The second kappa shape index (κ2) is 7.87. The molecule has 0 aliphatic heterocycles. The number of hydrogen-bond donors (Lipinski definition) is 1. The zero-order valence-electron chi connectivity index (χ0n) is 13.1. The van der Waals surface area contributed by atoms with Crippen LogP contribution in [0.25, 0.3) is 11.1 Å². The highest BCUT2D eigenvalue weighted by Gasteiger charge is 2.07. The van der Waals surface area contributed by atoms with Crippen molar-refractivity contribution in [3.63, 3.8) is 0 Å². The van der Waals surface area contributed by atoms with Gasteiger partial charge in [0.1, 0.15) is 6.61 Å². The molecule has 0 aliphatic carbocycles. The molecule has 3 rings (SSSR count). The van der Waals surface area contributed by atoms with E-state index in [1.54, 1.807) is 30.6 Å². The van der Waals surface area contributed by atoms with Crippen LogP contribution in [0.3, 0.4) is 0 Å². The highest BCUT2D eigenvalue weighted by atomic mass is 16.5. The molecule has 1 heterocycles. The number of nitrogens with one attached hydrogen (secondary N) is 1. The molecule has 0 atom stereocenters. The van der Waals surface area contributed by atoms with E-state index >= 15 is 0 Å². The second-order valence-corrected chi connectivity index (χ2v) is 5.08. The summed E-state index contributed by atoms with van der Waals surface area (Å²) in [5.41, 5.74) is 2.71. The third-order valence-electron chi connectivity index (χ3n) is 3.41. The average Bonchev–Trinajstić information content (AvgIpc) is 2.67. The van der Waals surface area contributed by atoms with Gasteiger partial charge in [0.05, 0.1) is 12.1 Å². The third-order valence-corrected chi connectivity index (χ3v) is 3.41. The predicted molar refractivity (Wildman–Crippen MR) is 92.7 cm³/mol. The van der Waals surface area contributed by atoms with Gasteiger partial charge in [0.2, 0.25) is 5.95 Å². The summed E-state index contributed by atoms with van der Waals surface area (Å²) < 4.78 is 5.24. The molecule has 1 N–H and O–H groups in total. The second-order valence-electron chi connectivity index (χ2n) is 5.08. The smallest absolute Gasteiger partial charge is 0.338 e. The molecule has 0 saturated heterocycles. The topological polar surface area (TPSA) is 64.1 Å². The number of carbonyl (C=O) groups is 1. The highest BCUT2D eigenvalue weighted by molar-refractivity contribution is 5.90. The van der Waals surface area contributed by atoms with Crippen molar-refractivity contribution in [1.82, 2.24) is 9.97 Å². The molecular weight excluding hydrogens is 302 g/mol. The summed E-state index contributed by atoms with van der Waals surface area (Å²) in [7, 11) is 0. The average molecular weight is 319 g/mol. The minimum atomic E-state index is -0.342.